The van der Waals surface area contributed by atoms with Crippen molar-refractivity contribution in [3.05, 3.63) is 51.4 Å². The molecule has 1 N–H and O–H groups in total. The van der Waals surface area contributed by atoms with E-state index in [1.807, 2.05) is 32.0 Å². The van der Waals surface area contributed by atoms with Gasteiger partial charge in [-0.05, 0) is 25.0 Å². The third kappa shape index (κ3) is 4.70. The van der Waals surface area contributed by atoms with E-state index in [9.17, 15) is 9.59 Å². The molecule has 4 rings (SSSR count). The van der Waals surface area contributed by atoms with Gasteiger partial charge >= 0.3 is 0 Å². The van der Waals surface area contributed by atoms with E-state index in [4.69, 9.17) is 4.74 Å². The fourth-order valence-corrected chi connectivity index (χ4v) is 4.53. The first-order valence-electron chi connectivity index (χ1n) is 10.4. The van der Waals surface area contributed by atoms with Crippen LogP contribution in [0, 0.1) is 5.92 Å². The van der Waals surface area contributed by atoms with Gasteiger partial charge in [-0.1, -0.05) is 50.5 Å². The van der Waals surface area contributed by atoms with Crippen molar-refractivity contribution in [2.45, 2.75) is 58.5 Å². The van der Waals surface area contributed by atoms with Gasteiger partial charge < -0.3 is 10.1 Å². The Morgan fingerprint density at radius 1 is 1.27 bits per heavy atom. The van der Waals surface area contributed by atoms with Crippen LogP contribution in [0.4, 0.5) is 5.69 Å². The fourth-order valence-electron chi connectivity index (χ4n) is 3.61. The number of nitrogens with one attached hydrogen (secondary N) is 1. The molecule has 1 aromatic carbocycles. The molecular weight excluding hydrogens is 400 g/mol. The second-order valence-corrected chi connectivity index (χ2v) is 9.00. The predicted molar refractivity (Wildman–Crippen MR) is 117 cm³/mol. The maximum atomic E-state index is 12.5. The molecule has 30 heavy (non-hydrogen) atoms. The quantitative estimate of drug-likeness (QED) is 0.632. The summed E-state index contributed by atoms with van der Waals surface area (Å²) in [6, 6.07) is 8.77. The number of carbonyl (C=O) groups excluding carboxylic acids is 1. The second-order valence-electron chi connectivity index (χ2n) is 8.02. The first-order valence-corrected chi connectivity index (χ1v) is 11.2. The van der Waals surface area contributed by atoms with E-state index >= 15 is 0 Å². The average Bonchev–Trinajstić information content (AvgIpc) is 3.18. The fraction of sp³-hybridized carbons (Fsp3) is 0.455. The van der Waals surface area contributed by atoms with Crippen molar-refractivity contribution in [1.82, 2.24) is 14.6 Å². The molecule has 1 amide bonds. The highest BCUT2D eigenvalue weighted by Gasteiger charge is 2.21. The summed E-state index contributed by atoms with van der Waals surface area (Å²) in [5, 5.41) is 8.20. The number of aromatic nitrogens is 3. The topological polar surface area (TPSA) is 85.6 Å². The number of ether oxygens (including phenoxy) is 1. The van der Waals surface area contributed by atoms with E-state index in [1.54, 1.807) is 6.07 Å². The Hall–Kier alpha value is -2.74. The minimum atomic E-state index is -0.213. The minimum Gasteiger partial charge on any atom is -0.487 e. The zero-order chi connectivity index (χ0) is 21.1. The minimum absolute atomic E-state index is 0.0816. The molecule has 0 spiro atoms. The number of anilines is 1. The number of hydrogen-bond donors (Lipinski definition) is 1. The van der Waals surface area contributed by atoms with E-state index in [-0.39, 0.29) is 29.9 Å². The van der Waals surface area contributed by atoms with Gasteiger partial charge in [-0.25, -0.2) is 4.98 Å². The number of rotatable bonds is 6. The van der Waals surface area contributed by atoms with Crippen molar-refractivity contribution >= 4 is 27.9 Å². The van der Waals surface area contributed by atoms with Crippen molar-refractivity contribution in [3.63, 3.8) is 0 Å². The number of carbonyl (C=O) groups is 1. The molecule has 0 unspecified atom stereocenters. The molecule has 158 valence electrons. The average molecular weight is 427 g/mol. The number of hydrogen-bond acceptors (Lipinski definition) is 6. The van der Waals surface area contributed by atoms with Gasteiger partial charge in [0.1, 0.15) is 17.4 Å². The Morgan fingerprint density at radius 3 is 2.83 bits per heavy atom. The second kappa shape index (κ2) is 8.95. The van der Waals surface area contributed by atoms with Gasteiger partial charge in [0.15, 0.2) is 0 Å². The summed E-state index contributed by atoms with van der Waals surface area (Å²) in [7, 11) is 0. The first kappa shape index (κ1) is 20.5. The molecule has 2 aromatic heterocycles. The van der Waals surface area contributed by atoms with Crippen molar-refractivity contribution in [2.75, 3.05) is 5.32 Å². The van der Waals surface area contributed by atoms with Gasteiger partial charge in [0.2, 0.25) is 10.9 Å². The van der Waals surface area contributed by atoms with Crippen molar-refractivity contribution in [2.24, 2.45) is 5.92 Å². The molecule has 8 heteroatoms. The van der Waals surface area contributed by atoms with Crippen LogP contribution >= 0.6 is 11.3 Å². The summed E-state index contributed by atoms with van der Waals surface area (Å²) in [6.45, 7) is 4.24. The Morgan fingerprint density at radius 2 is 2.07 bits per heavy atom. The van der Waals surface area contributed by atoms with Crippen LogP contribution in [0.2, 0.25) is 0 Å². The zero-order valence-corrected chi connectivity index (χ0v) is 18.1. The van der Waals surface area contributed by atoms with Crippen molar-refractivity contribution < 1.29 is 9.53 Å². The largest absolute Gasteiger partial charge is 0.487 e. The maximum Gasteiger partial charge on any atom is 0.275 e. The Kier molecular flexibility index (Phi) is 6.13. The molecule has 1 aliphatic carbocycles. The highest BCUT2D eigenvalue weighted by molar-refractivity contribution is 7.16. The van der Waals surface area contributed by atoms with E-state index < -0.39 is 0 Å². The Balaban J connectivity index is 1.43. The zero-order valence-electron chi connectivity index (χ0n) is 17.3. The number of nitrogens with zero attached hydrogens (tertiary/aromatic N) is 3. The molecule has 7 nitrogen and oxygen atoms in total. The lowest BCUT2D eigenvalue weighted by Crippen LogP contribution is -2.24. The number of fused-ring (bicyclic) bond motifs is 1. The van der Waals surface area contributed by atoms with Crippen molar-refractivity contribution in [1.29, 1.82) is 0 Å². The smallest absolute Gasteiger partial charge is 0.275 e. The first-order chi connectivity index (χ1) is 14.5. The summed E-state index contributed by atoms with van der Waals surface area (Å²) < 4.78 is 7.18. The number of amides is 1. The van der Waals surface area contributed by atoms with E-state index in [2.05, 4.69) is 15.4 Å². The van der Waals surface area contributed by atoms with E-state index in [0.717, 1.165) is 36.4 Å². The SMILES string of the molecule is CC(C)c1nn2c(=O)cc(COc3cccc(NC(=O)C4CCCCC4)c3)nc2s1. The van der Waals surface area contributed by atoms with Crippen LogP contribution in [0.1, 0.15) is 62.6 Å². The predicted octanol–water partition coefficient (Wildman–Crippen LogP) is 4.37. The van der Waals surface area contributed by atoms with Crippen LogP contribution < -0.4 is 15.6 Å². The molecule has 0 saturated heterocycles. The van der Waals surface area contributed by atoms with E-state index in [0.29, 0.717) is 16.4 Å². The van der Waals surface area contributed by atoms with Crippen LogP contribution in [-0.2, 0) is 11.4 Å². The van der Waals surface area contributed by atoms with Crippen molar-refractivity contribution in [3.8, 4) is 5.75 Å². The molecule has 0 aliphatic heterocycles. The molecule has 1 saturated carbocycles. The lowest BCUT2D eigenvalue weighted by molar-refractivity contribution is -0.120. The third-order valence-corrected chi connectivity index (χ3v) is 6.48. The Bertz CT molecular complexity index is 1100. The highest BCUT2D eigenvalue weighted by atomic mass is 32.1. The normalized spacial score (nSPS) is 14.9. The summed E-state index contributed by atoms with van der Waals surface area (Å²) in [4.78, 5) is 29.9. The molecular formula is C22H26N4O3S. The Labute approximate surface area is 179 Å². The monoisotopic (exact) mass is 426 g/mol. The van der Waals surface area contributed by atoms with Gasteiger partial charge in [-0.15, -0.1) is 0 Å². The molecule has 1 fully saturated rings. The van der Waals surface area contributed by atoms with Gasteiger partial charge in [0.25, 0.3) is 5.56 Å². The van der Waals surface area contributed by atoms with Gasteiger partial charge in [0.05, 0.1) is 5.69 Å². The molecule has 0 bridgehead atoms. The summed E-state index contributed by atoms with van der Waals surface area (Å²) in [5.41, 5.74) is 1.06. The maximum absolute atomic E-state index is 12.5. The van der Waals surface area contributed by atoms with Crippen LogP contribution in [0.25, 0.3) is 4.96 Å². The van der Waals surface area contributed by atoms with E-state index in [1.165, 1.54) is 28.3 Å². The lowest BCUT2D eigenvalue weighted by atomic mass is 9.88. The van der Waals surface area contributed by atoms with Crippen LogP contribution in [0.5, 0.6) is 5.75 Å². The number of benzene rings is 1. The molecule has 2 heterocycles. The third-order valence-electron chi connectivity index (χ3n) is 5.27. The molecule has 0 atom stereocenters. The van der Waals surface area contributed by atoms with Gasteiger partial charge in [-0.2, -0.15) is 9.61 Å². The summed E-state index contributed by atoms with van der Waals surface area (Å²) in [6.07, 6.45) is 5.38. The lowest BCUT2D eigenvalue weighted by Gasteiger charge is -2.20. The molecule has 3 aromatic rings. The van der Waals surface area contributed by atoms with Gasteiger partial charge in [0, 0.05) is 29.7 Å². The van der Waals surface area contributed by atoms with Crippen LogP contribution in [0.3, 0.4) is 0 Å². The highest BCUT2D eigenvalue weighted by Crippen LogP contribution is 2.26. The van der Waals surface area contributed by atoms with Gasteiger partial charge in [-0.3, -0.25) is 9.59 Å². The standard InChI is InChI=1S/C22H26N4O3S/c1-14(2)21-25-26-19(27)12-17(24-22(26)30-21)13-29-18-10-6-9-16(11-18)23-20(28)15-7-4-3-5-8-15/h6,9-12,14-15H,3-5,7-8,13H2,1-2H3,(H,23,28). The summed E-state index contributed by atoms with van der Waals surface area (Å²) >= 11 is 1.42. The molecule has 1 aliphatic rings. The summed E-state index contributed by atoms with van der Waals surface area (Å²) in [5.74, 6) is 1.04. The van der Waals surface area contributed by atoms with Crippen LogP contribution in [0.15, 0.2) is 35.1 Å². The van der Waals surface area contributed by atoms with Crippen LogP contribution in [-0.4, -0.2) is 20.5 Å². The molecule has 0 radical (unpaired) electrons.